The van der Waals surface area contributed by atoms with E-state index in [1.54, 1.807) is 18.2 Å². The van der Waals surface area contributed by atoms with Crippen LogP contribution in [0.4, 0.5) is 0 Å². The van der Waals surface area contributed by atoms with Gasteiger partial charge in [0, 0.05) is 18.8 Å². The maximum atomic E-state index is 12.9. The van der Waals surface area contributed by atoms with Gasteiger partial charge in [-0.05, 0) is 22.9 Å². The van der Waals surface area contributed by atoms with E-state index in [0.29, 0.717) is 12.3 Å². The van der Waals surface area contributed by atoms with E-state index in [0.717, 1.165) is 10.8 Å². The monoisotopic (exact) mass is 351 g/mol. The quantitative estimate of drug-likeness (QED) is 0.793. The second-order valence-corrected chi connectivity index (χ2v) is 8.50. The van der Waals surface area contributed by atoms with Gasteiger partial charge in [-0.1, -0.05) is 30.3 Å². The van der Waals surface area contributed by atoms with Crippen molar-refractivity contribution in [1.82, 2.24) is 4.31 Å². The predicted molar refractivity (Wildman–Crippen MR) is 91.0 cm³/mol. The molecule has 2 aromatic carbocycles. The number of esters is 1. The van der Waals surface area contributed by atoms with Gasteiger partial charge in [0.05, 0.1) is 12.0 Å². The molecule has 0 N–H and O–H groups in total. The van der Waals surface area contributed by atoms with Gasteiger partial charge in [0.2, 0.25) is 10.0 Å². The molecule has 1 atom stereocenters. The minimum Gasteiger partial charge on any atom is -0.468 e. The first-order chi connectivity index (χ1) is 11.0. The fourth-order valence-corrected chi connectivity index (χ4v) is 5.42. The summed E-state index contributed by atoms with van der Waals surface area (Å²) in [6.45, 7) is 0.541. The molecule has 1 fully saturated rings. The Morgan fingerprint density at radius 1 is 1.22 bits per heavy atom. The molecule has 122 valence electrons. The fourth-order valence-electron chi connectivity index (χ4n) is 2.59. The molecule has 1 heterocycles. The summed E-state index contributed by atoms with van der Waals surface area (Å²) in [5, 5.41) is 1.40. The van der Waals surface area contributed by atoms with Crippen LogP contribution in [0.2, 0.25) is 0 Å². The average Bonchev–Trinajstić information content (AvgIpc) is 2.60. The van der Waals surface area contributed by atoms with Crippen molar-refractivity contribution in [2.24, 2.45) is 0 Å². The maximum Gasteiger partial charge on any atom is 0.320 e. The second kappa shape index (κ2) is 6.51. The van der Waals surface area contributed by atoms with Crippen LogP contribution >= 0.6 is 11.8 Å². The average molecular weight is 351 g/mol. The topological polar surface area (TPSA) is 63.7 Å². The molecule has 0 unspecified atom stereocenters. The largest absolute Gasteiger partial charge is 0.468 e. The molecule has 2 aromatic rings. The van der Waals surface area contributed by atoms with Crippen molar-refractivity contribution in [3.05, 3.63) is 42.5 Å². The van der Waals surface area contributed by atoms with E-state index in [-0.39, 0.29) is 17.4 Å². The van der Waals surface area contributed by atoms with Crippen LogP contribution in [-0.2, 0) is 19.6 Å². The first-order valence-electron chi connectivity index (χ1n) is 7.21. The highest BCUT2D eigenvalue weighted by atomic mass is 32.2. The molecule has 0 aliphatic carbocycles. The normalized spacial score (nSPS) is 19.6. The number of fused-ring (bicyclic) bond motifs is 1. The van der Waals surface area contributed by atoms with Crippen LogP contribution < -0.4 is 0 Å². The van der Waals surface area contributed by atoms with E-state index in [2.05, 4.69) is 0 Å². The third-order valence-electron chi connectivity index (χ3n) is 3.85. The maximum absolute atomic E-state index is 12.9. The molecule has 0 amide bonds. The van der Waals surface area contributed by atoms with Crippen LogP contribution in [0.25, 0.3) is 10.8 Å². The van der Waals surface area contributed by atoms with E-state index < -0.39 is 15.3 Å². The number of nitrogens with zero attached hydrogens (tertiary/aromatic N) is 1. The lowest BCUT2D eigenvalue weighted by Gasteiger charge is -2.30. The van der Waals surface area contributed by atoms with E-state index in [1.165, 1.54) is 23.2 Å². The van der Waals surface area contributed by atoms with Crippen molar-refractivity contribution in [3.8, 4) is 0 Å². The van der Waals surface area contributed by atoms with Crippen molar-refractivity contribution in [1.29, 1.82) is 0 Å². The van der Waals surface area contributed by atoms with Gasteiger partial charge in [-0.15, -0.1) is 11.8 Å². The van der Waals surface area contributed by atoms with Crippen LogP contribution in [0.3, 0.4) is 0 Å². The van der Waals surface area contributed by atoms with E-state index in [9.17, 15) is 13.2 Å². The summed E-state index contributed by atoms with van der Waals surface area (Å²) in [5.74, 6) is 0.195. The summed E-state index contributed by atoms with van der Waals surface area (Å²) in [4.78, 5) is 11.9. The van der Waals surface area contributed by atoms with E-state index in [4.69, 9.17) is 4.74 Å². The lowest BCUT2D eigenvalue weighted by atomic mass is 10.1. The number of carbonyl (C=O) groups excluding carboxylic acids is 1. The van der Waals surface area contributed by atoms with Gasteiger partial charge in [-0.25, -0.2) is 8.42 Å². The molecule has 0 radical (unpaired) electrons. The highest BCUT2D eigenvalue weighted by Crippen LogP contribution is 2.27. The first kappa shape index (κ1) is 16.3. The summed E-state index contributed by atoms with van der Waals surface area (Å²) in [6.07, 6.45) is 0. The van der Waals surface area contributed by atoms with Crippen LogP contribution in [0.1, 0.15) is 0 Å². The van der Waals surface area contributed by atoms with Gasteiger partial charge < -0.3 is 4.74 Å². The van der Waals surface area contributed by atoms with Gasteiger partial charge in [0.25, 0.3) is 0 Å². The molecule has 7 heteroatoms. The molecule has 5 nitrogen and oxygen atoms in total. The van der Waals surface area contributed by atoms with Gasteiger partial charge in [-0.2, -0.15) is 4.31 Å². The summed E-state index contributed by atoms with van der Waals surface area (Å²) < 4.78 is 31.8. The van der Waals surface area contributed by atoms with Crippen LogP contribution in [-0.4, -0.2) is 49.9 Å². The Bertz CT molecular complexity index is 835. The highest BCUT2D eigenvalue weighted by molar-refractivity contribution is 8.00. The Morgan fingerprint density at radius 2 is 1.96 bits per heavy atom. The van der Waals surface area contributed by atoms with Gasteiger partial charge in [-0.3, -0.25) is 4.79 Å². The molecule has 0 spiro atoms. The summed E-state index contributed by atoms with van der Waals surface area (Å²) in [7, 11) is -2.30. The number of methoxy groups -OCH3 is 1. The van der Waals surface area contributed by atoms with E-state index in [1.807, 2.05) is 24.3 Å². The molecule has 3 rings (SSSR count). The number of carbonyl (C=O) groups is 1. The number of thioether (sulfide) groups is 1. The third-order valence-corrected chi connectivity index (χ3v) is 6.88. The molecule has 0 aromatic heterocycles. The summed E-state index contributed by atoms with van der Waals surface area (Å²) >= 11 is 1.43. The van der Waals surface area contributed by atoms with Crippen molar-refractivity contribution in [3.63, 3.8) is 0 Å². The van der Waals surface area contributed by atoms with Crippen molar-refractivity contribution in [2.45, 2.75) is 10.1 Å². The van der Waals surface area contributed by atoms with Crippen molar-refractivity contribution < 1.29 is 17.9 Å². The summed E-state index contributed by atoms with van der Waals surface area (Å²) in [5.41, 5.74) is 0. The Labute approximate surface area is 139 Å². The zero-order valence-electron chi connectivity index (χ0n) is 12.6. The number of sulfonamides is 1. The van der Waals surface area contributed by atoms with Crippen molar-refractivity contribution in [2.75, 3.05) is 26.0 Å². The van der Waals surface area contributed by atoms with E-state index >= 15 is 0 Å². The number of ether oxygens (including phenoxy) is 1. The summed E-state index contributed by atoms with van der Waals surface area (Å²) in [6, 6.07) is 12.7. The Morgan fingerprint density at radius 3 is 2.70 bits per heavy atom. The van der Waals surface area contributed by atoms with Gasteiger partial charge >= 0.3 is 5.97 Å². The van der Waals surface area contributed by atoms with Crippen LogP contribution in [0, 0.1) is 0 Å². The minimum atomic E-state index is -3.62. The first-order valence-corrected chi connectivity index (χ1v) is 9.69. The number of rotatable bonds is 3. The Balaban J connectivity index is 1.91. The SMILES string of the molecule is COC(=O)[C@@H]1CN(S(=O)(=O)c2ccc3ccccc3c2)CCS1. The molecular formula is C16H17NO4S2. The molecular weight excluding hydrogens is 334 g/mol. The number of hydrogen-bond acceptors (Lipinski definition) is 5. The lowest BCUT2D eigenvalue weighted by molar-refractivity contribution is -0.140. The van der Waals surface area contributed by atoms with Crippen LogP contribution in [0.5, 0.6) is 0 Å². The standard InChI is InChI=1S/C16H17NO4S2/c1-21-16(18)15-11-17(8-9-22-15)23(19,20)14-7-6-12-4-2-3-5-13(12)10-14/h2-7,10,15H,8-9,11H2,1H3/t15-/m0/s1. The highest BCUT2D eigenvalue weighted by Gasteiger charge is 2.34. The fraction of sp³-hybridized carbons (Fsp3) is 0.312. The zero-order chi connectivity index (χ0) is 16.4. The number of benzene rings is 2. The smallest absolute Gasteiger partial charge is 0.320 e. The zero-order valence-corrected chi connectivity index (χ0v) is 14.3. The minimum absolute atomic E-state index is 0.145. The molecule has 1 aliphatic rings. The predicted octanol–water partition coefficient (Wildman–Crippen LogP) is 2.12. The molecule has 1 aliphatic heterocycles. The third kappa shape index (κ3) is 3.22. The number of hydrogen-bond donors (Lipinski definition) is 0. The van der Waals surface area contributed by atoms with Crippen LogP contribution in [0.15, 0.2) is 47.4 Å². The Hall–Kier alpha value is -1.57. The van der Waals surface area contributed by atoms with Crippen molar-refractivity contribution >= 4 is 38.5 Å². The Kier molecular flexibility index (Phi) is 4.61. The molecule has 1 saturated heterocycles. The molecule has 0 bridgehead atoms. The molecule has 23 heavy (non-hydrogen) atoms. The van der Waals surface area contributed by atoms with Gasteiger partial charge in [0.1, 0.15) is 5.25 Å². The lowest BCUT2D eigenvalue weighted by Crippen LogP contribution is -2.44. The molecule has 0 saturated carbocycles. The second-order valence-electron chi connectivity index (χ2n) is 5.25. The van der Waals surface area contributed by atoms with Gasteiger partial charge in [0.15, 0.2) is 0 Å².